The average molecular weight is 238 g/mol. The maximum atomic E-state index is 11.7. The molecule has 2 heterocycles. The van der Waals surface area contributed by atoms with Crippen LogP contribution in [0.1, 0.15) is 52.9 Å². The van der Waals surface area contributed by atoms with Crippen molar-refractivity contribution < 1.29 is 4.79 Å². The number of hydrogen-bond donors (Lipinski definition) is 1. The van der Waals surface area contributed by atoms with Crippen LogP contribution in [0.2, 0.25) is 0 Å². The summed E-state index contributed by atoms with van der Waals surface area (Å²) in [6, 6.07) is 1.88. The Balaban J connectivity index is 1.89. The molecule has 17 heavy (non-hydrogen) atoms. The van der Waals surface area contributed by atoms with Gasteiger partial charge in [-0.1, -0.05) is 20.8 Å². The Kier molecular flexibility index (Phi) is 4.08. The molecule has 2 unspecified atom stereocenters. The van der Waals surface area contributed by atoms with Gasteiger partial charge in [-0.05, 0) is 38.6 Å². The van der Waals surface area contributed by atoms with E-state index in [0.29, 0.717) is 6.04 Å². The minimum Gasteiger partial charge on any atom is -0.353 e. The lowest BCUT2D eigenvalue weighted by molar-refractivity contribution is -0.125. The van der Waals surface area contributed by atoms with E-state index in [0.717, 1.165) is 24.9 Å². The Morgan fingerprint density at radius 3 is 2.35 bits per heavy atom. The van der Waals surface area contributed by atoms with E-state index in [9.17, 15) is 4.79 Å². The van der Waals surface area contributed by atoms with Crippen molar-refractivity contribution in [2.45, 2.75) is 71.0 Å². The fourth-order valence-corrected chi connectivity index (χ4v) is 3.38. The summed E-state index contributed by atoms with van der Waals surface area (Å²) in [5.41, 5.74) is 0. The van der Waals surface area contributed by atoms with E-state index in [4.69, 9.17) is 0 Å². The molecule has 1 amide bonds. The number of piperidine rings is 1. The molecule has 0 radical (unpaired) electrons. The molecule has 2 aliphatic heterocycles. The summed E-state index contributed by atoms with van der Waals surface area (Å²) in [6.07, 6.45) is 6.23. The summed E-state index contributed by atoms with van der Waals surface area (Å²) < 4.78 is 0. The monoisotopic (exact) mass is 238 g/mol. The van der Waals surface area contributed by atoms with Crippen molar-refractivity contribution in [1.82, 2.24) is 10.2 Å². The van der Waals surface area contributed by atoms with Gasteiger partial charge >= 0.3 is 0 Å². The van der Waals surface area contributed by atoms with E-state index in [2.05, 4.69) is 17.1 Å². The van der Waals surface area contributed by atoms with Crippen molar-refractivity contribution in [2.75, 3.05) is 6.54 Å². The molecular weight excluding hydrogens is 212 g/mol. The topological polar surface area (TPSA) is 32.3 Å². The Bertz CT molecular complexity index is 263. The second-order valence-corrected chi connectivity index (χ2v) is 5.95. The number of carbonyl (C=O) groups is 1. The molecule has 1 N–H and O–H groups in total. The molecule has 98 valence electrons. The van der Waals surface area contributed by atoms with Gasteiger partial charge in [0.15, 0.2) is 0 Å². The molecular formula is C14H26N2O. The summed E-state index contributed by atoms with van der Waals surface area (Å²) >= 11 is 0. The standard InChI is InChI=1S/C14H26N2O/c1-4-7-16-12-5-6-13(16)9-11(8-12)15-14(17)10(2)3/h10-13H,4-9H2,1-3H3,(H,15,17). The molecule has 0 aromatic heterocycles. The van der Waals surface area contributed by atoms with E-state index in [1.165, 1.54) is 25.8 Å². The summed E-state index contributed by atoms with van der Waals surface area (Å²) in [4.78, 5) is 14.4. The lowest BCUT2D eigenvalue weighted by Crippen LogP contribution is -2.51. The molecule has 0 spiro atoms. The Morgan fingerprint density at radius 2 is 1.88 bits per heavy atom. The van der Waals surface area contributed by atoms with Crippen molar-refractivity contribution in [3.8, 4) is 0 Å². The van der Waals surface area contributed by atoms with Gasteiger partial charge in [0.1, 0.15) is 0 Å². The van der Waals surface area contributed by atoms with Crippen molar-refractivity contribution >= 4 is 5.91 Å². The Hall–Kier alpha value is -0.570. The third-order valence-corrected chi connectivity index (χ3v) is 4.24. The van der Waals surface area contributed by atoms with Crippen LogP contribution in [-0.4, -0.2) is 35.5 Å². The van der Waals surface area contributed by atoms with Crippen molar-refractivity contribution in [1.29, 1.82) is 0 Å². The molecule has 2 saturated heterocycles. The number of nitrogens with zero attached hydrogens (tertiary/aromatic N) is 1. The molecule has 0 aromatic carbocycles. The smallest absolute Gasteiger partial charge is 0.222 e. The first-order valence-corrected chi connectivity index (χ1v) is 7.18. The Morgan fingerprint density at radius 1 is 1.29 bits per heavy atom. The first-order valence-electron chi connectivity index (χ1n) is 7.18. The van der Waals surface area contributed by atoms with Crippen LogP contribution < -0.4 is 5.32 Å². The van der Waals surface area contributed by atoms with Gasteiger partial charge in [0, 0.05) is 24.0 Å². The third kappa shape index (κ3) is 2.82. The van der Waals surface area contributed by atoms with Crippen molar-refractivity contribution in [3.05, 3.63) is 0 Å². The number of fused-ring (bicyclic) bond motifs is 2. The minimum absolute atomic E-state index is 0.112. The van der Waals surface area contributed by atoms with Crippen LogP contribution >= 0.6 is 0 Å². The predicted octanol–water partition coefficient (Wildman–Crippen LogP) is 2.16. The summed E-state index contributed by atoms with van der Waals surface area (Å²) in [5.74, 6) is 0.333. The maximum absolute atomic E-state index is 11.7. The van der Waals surface area contributed by atoms with E-state index in [1.807, 2.05) is 13.8 Å². The molecule has 2 fully saturated rings. The van der Waals surface area contributed by atoms with Crippen LogP contribution in [0.25, 0.3) is 0 Å². The van der Waals surface area contributed by atoms with Crippen molar-refractivity contribution in [2.24, 2.45) is 5.92 Å². The molecule has 0 aliphatic carbocycles. The zero-order valence-corrected chi connectivity index (χ0v) is 11.4. The first-order chi connectivity index (χ1) is 8.11. The summed E-state index contributed by atoms with van der Waals surface area (Å²) in [5, 5.41) is 3.22. The highest BCUT2D eigenvalue weighted by Crippen LogP contribution is 2.35. The fraction of sp³-hybridized carbons (Fsp3) is 0.929. The lowest BCUT2D eigenvalue weighted by atomic mass is 9.96. The van der Waals surface area contributed by atoms with Gasteiger partial charge in [0.05, 0.1) is 0 Å². The van der Waals surface area contributed by atoms with Gasteiger partial charge in [0.25, 0.3) is 0 Å². The van der Waals surface area contributed by atoms with Crippen LogP contribution in [0.3, 0.4) is 0 Å². The van der Waals surface area contributed by atoms with Crippen LogP contribution in [0.5, 0.6) is 0 Å². The zero-order chi connectivity index (χ0) is 12.4. The van der Waals surface area contributed by atoms with Crippen LogP contribution in [-0.2, 0) is 4.79 Å². The van der Waals surface area contributed by atoms with E-state index >= 15 is 0 Å². The number of hydrogen-bond acceptors (Lipinski definition) is 2. The number of amides is 1. The number of nitrogens with one attached hydrogen (secondary N) is 1. The second-order valence-electron chi connectivity index (χ2n) is 5.95. The molecule has 2 aliphatic rings. The number of carbonyl (C=O) groups excluding carboxylic acids is 1. The van der Waals surface area contributed by atoms with E-state index in [1.54, 1.807) is 0 Å². The molecule has 2 rings (SSSR count). The predicted molar refractivity (Wildman–Crippen MR) is 69.8 cm³/mol. The number of rotatable bonds is 4. The molecule has 2 bridgehead atoms. The normalized spacial score (nSPS) is 33.1. The SMILES string of the molecule is CCCN1C2CCC1CC(NC(=O)C(C)C)C2. The quantitative estimate of drug-likeness (QED) is 0.814. The third-order valence-electron chi connectivity index (χ3n) is 4.24. The molecule has 3 nitrogen and oxygen atoms in total. The van der Waals surface area contributed by atoms with Crippen LogP contribution in [0, 0.1) is 5.92 Å². The molecule has 0 saturated carbocycles. The molecule has 0 aromatic rings. The van der Waals surface area contributed by atoms with E-state index in [-0.39, 0.29) is 11.8 Å². The molecule has 2 atom stereocenters. The van der Waals surface area contributed by atoms with E-state index < -0.39 is 0 Å². The highest BCUT2D eigenvalue weighted by Gasteiger charge is 2.40. The van der Waals surface area contributed by atoms with Gasteiger partial charge in [0.2, 0.25) is 5.91 Å². The maximum Gasteiger partial charge on any atom is 0.222 e. The zero-order valence-electron chi connectivity index (χ0n) is 11.4. The van der Waals surface area contributed by atoms with Crippen LogP contribution in [0.4, 0.5) is 0 Å². The van der Waals surface area contributed by atoms with Crippen molar-refractivity contribution in [3.63, 3.8) is 0 Å². The average Bonchev–Trinajstić information content (AvgIpc) is 2.52. The van der Waals surface area contributed by atoms with Gasteiger partial charge < -0.3 is 5.32 Å². The van der Waals surface area contributed by atoms with Gasteiger partial charge in [-0.15, -0.1) is 0 Å². The summed E-state index contributed by atoms with van der Waals surface area (Å²) in [7, 11) is 0. The van der Waals surface area contributed by atoms with Crippen LogP contribution in [0.15, 0.2) is 0 Å². The van der Waals surface area contributed by atoms with Gasteiger partial charge in [-0.2, -0.15) is 0 Å². The van der Waals surface area contributed by atoms with Gasteiger partial charge in [-0.3, -0.25) is 9.69 Å². The minimum atomic E-state index is 0.112. The summed E-state index contributed by atoms with van der Waals surface area (Å²) in [6.45, 7) is 7.43. The largest absolute Gasteiger partial charge is 0.353 e. The van der Waals surface area contributed by atoms with Gasteiger partial charge in [-0.25, -0.2) is 0 Å². The Labute approximate surface area is 105 Å². The first kappa shape index (κ1) is 12.9. The second kappa shape index (κ2) is 5.38. The highest BCUT2D eigenvalue weighted by molar-refractivity contribution is 5.78. The fourth-order valence-electron chi connectivity index (χ4n) is 3.38. The lowest BCUT2D eigenvalue weighted by Gasteiger charge is -2.39. The highest BCUT2D eigenvalue weighted by atomic mass is 16.1. The molecule has 3 heteroatoms.